The van der Waals surface area contributed by atoms with Crippen molar-refractivity contribution in [3.63, 3.8) is 0 Å². The predicted octanol–water partition coefficient (Wildman–Crippen LogP) is 0.810. The summed E-state index contributed by atoms with van der Waals surface area (Å²) in [6, 6.07) is 4.96. The van der Waals surface area contributed by atoms with Gasteiger partial charge in [0.15, 0.2) is 0 Å². The zero-order valence-electron chi connectivity index (χ0n) is 11.4. The van der Waals surface area contributed by atoms with Gasteiger partial charge in [-0.3, -0.25) is 4.79 Å². The molecule has 0 aliphatic carbocycles. The minimum Gasteiger partial charge on any atom is -0.480 e. The molecule has 0 fully saturated rings. The lowest BCUT2D eigenvalue weighted by Gasteiger charge is -2.21. The lowest BCUT2D eigenvalue weighted by Crippen LogP contribution is -2.48. The number of halogens is 1. The number of carboxylic acids is 1. The Kier molecular flexibility index (Phi) is 5.98. The number of hydrogen-bond acceptors (Lipinski definition) is 3. The monoisotopic (exact) mass is 313 g/mol. The Morgan fingerprint density at radius 1 is 1.43 bits per heavy atom. The van der Waals surface area contributed by atoms with Gasteiger partial charge in [0.25, 0.3) is 0 Å². The molecular formula is C13H16ClN3O4. The molecule has 1 aromatic rings. The number of carbonyl (C=O) groups excluding carboxylic acids is 2. The number of primary amides is 1. The molecule has 0 spiro atoms. The maximum Gasteiger partial charge on any atom is 0.326 e. The Hall–Kier alpha value is -2.28. The molecule has 0 aliphatic rings. The summed E-state index contributed by atoms with van der Waals surface area (Å²) in [4.78, 5) is 34.9. The fraction of sp³-hybridized carbons (Fsp3) is 0.308. The predicted molar refractivity (Wildman–Crippen MR) is 76.7 cm³/mol. The fourth-order valence-electron chi connectivity index (χ4n) is 1.64. The first-order valence-electron chi connectivity index (χ1n) is 6.06. The van der Waals surface area contributed by atoms with Crippen molar-refractivity contribution in [1.29, 1.82) is 0 Å². The standard InChI is InChI=1S/C13H16ClN3O4/c1-17(7-8-3-2-4-9(14)5-8)13(21)16-10(12(19)20)6-11(15)18/h2-5,10H,6-7H2,1H3,(H2,15,18)(H,16,21)(H,19,20). The zero-order chi connectivity index (χ0) is 16.0. The normalized spacial score (nSPS) is 11.5. The molecule has 1 aromatic carbocycles. The summed E-state index contributed by atoms with van der Waals surface area (Å²) < 4.78 is 0. The van der Waals surface area contributed by atoms with Gasteiger partial charge >= 0.3 is 12.0 Å². The van der Waals surface area contributed by atoms with Crippen LogP contribution >= 0.6 is 11.6 Å². The number of aliphatic carboxylic acids is 1. The van der Waals surface area contributed by atoms with Gasteiger partial charge in [0, 0.05) is 18.6 Å². The van der Waals surface area contributed by atoms with Gasteiger partial charge in [0.2, 0.25) is 5.91 Å². The van der Waals surface area contributed by atoms with Crippen LogP contribution in [0.5, 0.6) is 0 Å². The highest BCUT2D eigenvalue weighted by atomic mass is 35.5. The van der Waals surface area contributed by atoms with E-state index in [0.29, 0.717) is 5.02 Å². The smallest absolute Gasteiger partial charge is 0.326 e. The SMILES string of the molecule is CN(Cc1cccc(Cl)c1)C(=O)NC(CC(N)=O)C(=O)O. The molecule has 0 saturated heterocycles. The lowest BCUT2D eigenvalue weighted by atomic mass is 10.2. The van der Waals surface area contributed by atoms with E-state index >= 15 is 0 Å². The summed E-state index contributed by atoms with van der Waals surface area (Å²) in [6.45, 7) is 0.245. The summed E-state index contributed by atoms with van der Waals surface area (Å²) >= 11 is 5.84. The minimum absolute atomic E-state index is 0.245. The maximum atomic E-state index is 11.9. The van der Waals surface area contributed by atoms with Gasteiger partial charge in [-0.2, -0.15) is 0 Å². The van der Waals surface area contributed by atoms with Crippen molar-refractivity contribution in [3.8, 4) is 0 Å². The van der Waals surface area contributed by atoms with Crippen LogP contribution in [-0.2, 0) is 16.1 Å². The van der Waals surface area contributed by atoms with Crippen LogP contribution in [0, 0.1) is 0 Å². The molecular weight excluding hydrogens is 298 g/mol. The molecule has 3 amide bonds. The lowest BCUT2D eigenvalue weighted by molar-refractivity contribution is -0.140. The fourth-order valence-corrected chi connectivity index (χ4v) is 1.85. The van der Waals surface area contributed by atoms with Gasteiger partial charge in [-0.05, 0) is 17.7 Å². The molecule has 0 radical (unpaired) electrons. The van der Waals surface area contributed by atoms with Crippen molar-refractivity contribution < 1.29 is 19.5 Å². The summed E-state index contributed by atoms with van der Waals surface area (Å²) in [6.07, 6.45) is -0.466. The molecule has 1 atom stereocenters. The number of carbonyl (C=O) groups is 3. The van der Waals surface area contributed by atoms with Crippen LogP contribution in [0.1, 0.15) is 12.0 Å². The number of benzene rings is 1. The second-order valence-electron chi connectivity index (χ2n) is 4.50. The third kappa shape index (κ3) is 5.70. The molecule has 0 saturated carbocycles. The number of urea groups is 1. The number of hydrogen-bond donors (Lipinski definition) is 3. The molecule has 0 aliphatic heterocycles. The molecule has 0 aromatic heterocycles. The van der Waals surface area contributed by atoms with Crippen molar-refractivity contribution in [3.05, 3.63) is 34.9 Å². The molecule has 0 heterocycles. The van der Waals surface area contributed by atoms with Crippen LogP contribution in [0.3, 0.4) is 0 Å². The van der Waals surface area contributed by atoms with Gasteiger partial charge in [0.1, 0.15) is 6.04 Å². The van der Waals surface area contributed by atoms with Crippen LogP contribution < -0.4 is 11.1 Å². The highest BCUT2D eigenvalue weighted by Gasteiger charge is 2.23. The van der Waals surface area contributed by atoms with E-state index in [1.807, 2.05) is 0 Å². The van der Waals surface area contributed by atoms with E-state index in [-0.39, 0.29) is 6.54 Å². The number of rotatable bonds is 6. The molecule has 1 rings (SSSR count). The summed E-state index contributed by atoms with van der Waals surface area (Å²) in [7, 11) is 1.50. The van der Waals surface area contributed by atoms with Gasteiger partial charge in [-0.1, -0.05) is 23.7 Å². The molecule has 7 nitrogen and oxygen atoms in total. The van der Waals surface area contributed by atoms with Crippen LogP contribution in [0.15, 0.2) is 24.3 Å². The molecule has 4 N–H and O–H groups in total. The quantitative estimate of drug-likeness (QED) is 0.721. The van der Waals surface area contributed by atoms with E-state index in [9.17, 15) is 14.4 Å². The van der Waals surface area contributed by atoms with E-state index < -0.39 is 30.4 Å². The largest absolute Gasteiger partial charge is 0.480 e. The Morgan fingerprint density at radius 2 is 2.10 bits per heavy atom. The Morgan fingerprint density at radius 3 is 2.62 bits per heavy atom. The van der Waals surface area contributed by atoms with Gasteiger partial charge < -0.3 is 21.1 Å². The molecule has 0 bridgehead atoms. The van der Waals surface area contributed by atoms with E-state index in [4.69, 9.17) is 22.4 Å². The Balaban J connectivity index is 2.64. The van der Waals surface area contributed by atoms with Crippen molar-refractivity contribution in [1.82, 2.24) is 10.2 Å². The first kappa shape index (κ1) is 16.8. The minimum atomic E-state index is -1.35. The highest BCUT2D eigenvalue weighted by Crippen LogP contribution is 2.12. The van der Waals surface area contributed by atoms with E-state index in [1.165, 1.54) is 11.9 Å². The highest BCUT2D eigenvalue weighted by molar-refractivity contribution is 6.30. The van der Waals surface area contributed by atoms with Crippen LogP contribution in [0.2, 0.25) is 5.02 Å². The summed E-state index contributed by atoms with van der Waals surface area (Å²) in [5.74, 6) is -2.13. The van der Waals surface area contributed by atoms with Crippen molar-refractivity contribution in [2.24, 2.45) is 5.73 Å². The van der Waals surface area contributed by atoms with Crippen LogP contribution in [0.4, 0.5) is 4.79 Å². The third-order valence-electron chi connectivity index (χ3n) is 2.66. The second-order valence-corrected chi connectivity index (χ2v) is 4.93. The van der Waals surface area contributed by atoms with Crippen molar-refractivity contribution >= 4 is 29.5 Å². The Bertz CT molecular complexity index is 550. The maximum absolute atomic E-state index is 11.9. The first-order valence-corrected chi connectivity index (χ1v) is 6.44. The zero-order valence-corrected chi connectivity index (χ0v) is 12.1. The molecule has 114 valence electrons. The van der Waals surface area contributed by atoms with Gasteiger partial charge in [0.05, 0.1) is 6.42 Å². The van der Waals surface area contributed by atoms with Crippen molar-refractivity contribution in [2.45, 2.75) is 19.0 Å². The third-order valence-corrected chi connectivity index (χ3v) is 2.89. The number of nitrogens with two attached hydrogens (primary N) is 1. The van der Waals surface area contributed by atoms with Crippen molar-refractivity contribution in [2.75, 3.05) is 7.05 Å². The van der Waals surface area contributed by atoms with E-state index in [2.05, 4.69) is 5.32 Å². The number of nitrogens with zero attached hydrogens (tertiary/aromatic N) is 1. The summed E-state index contributed by atoms with van der Waals surface area (Å²) in [5, 5.41) is 11.7. The average Bonchev–Trinajstić information content (AvgIpc) is 2.37. The number of carboxylic acid groups (broad SMARTS) is 1. The molecule has 1 unspecified atom stereocenters. The van der Waals surface area contributed by atoms with E-state index in [1.54, 1.807) is 24.3 Å². The second kappa shape index (κ2) is 7.49. The van der Waals surface area contributed by atoms with Crippen LogP contribution in [0.25, 0.3) is 0 Å². The Labute approximate surface area is 126 Å². The number of amides is 3. The van der Waals surface area contributed by atoms with E-state index in [0.717, 1.165) is 5.56 Å². The van der Waals surface area contributed by atoms with Crippen LogP contribution in [-0.4, -0.2) is 41.0 Å². The first-order chi connectivity index (χ1) is 9.79. The molecule has 8 heteroatoms. The topological polar surface area (TPSA) is 113 Å². The molecule has 21 heavy (non-hydrogen) atoms. The van der Waals surface area contributed by atoms with Gasteiger partial charge in [-0.25, -0.2) is 9.59 Å². The summed E-state index contributed by atoms with van der Waals surface area (Å²) in [5.41, 5.74) is 5.73. The number of nitrogens with one attached hydrogen (secondary N) is 1. The van der Waals surface area contributed by atoms with Gasteiger partial charge in [-0.15, -0.1) is 0 Å². The average molecular weight is 314 g/mol.